The maximum absolute atomic E-state index is 6.28. The molecule has 1 fully saturated rings. The van der Waals surface area contributed by atoms with Gasteiger partial charge in [0.25, 0.3) is 0 Å². The van der Waals surface area contributed by atoms with Gasteiger partial charge in [-0.05, 0) is 42.9 Å². The fourth-order valence-electron chi connectivity index (χ4n) is 2.42. The summed E-state index contributed by atoms with van der Waals surface area (Å²) in [6, 6.07) is 8.61. The van der Waals surface area contributed by atoms with Crippen molar-refractivity contribution in [3.05, 3.63) is 34.9 Å². The number of rotatable bonds is 5. The molecule has 0 bridgehead atoms. The summed E-state index contributed by atoms with van der Waals surface area (Å²) in [4.78, 5) is 0. The summed E-state index contributed by atoms with van der Waals surface area (Å²) in [6.07, 6.45) is 2.76. The number of halogens is 1. The molecule has 2 heteroatoms. The quantitative estimate of drug-likeness (QED) is 0.815. The van der Waals surface area contributed by atoms with Crippen molar-refractivity contribution in [3.8, 4) is 0 Å². The molecule has 2 atom stereocenters. The number of hydrogen-bond donors (Lipinski definition) is 1. The molecule has 88 valence electrons. The lowest BCUT2D eigenvalue weighted by Gasteiger charge is -2.26. The molecular weight excluding hydrogens is 218 g/mol. The molecular formula is C14H20ClN. The Labute approximate surface area is 103 Å². The minimum Gasteiger partial charge on any atom is -0.310 e. The van der Waals surface area contributed by atoms with Gasteiger partial charge in [-0.15, -0.1) is 0 Å². The molecule has 1 aliphatic rings. The first-order chi connectivity index (χ1) is 7.74. The Balaban J connectivity index is 2.20. The zero-order valence-electron chi connectivity index (χ0n) is 10.0. The van der Waals surface area contributed by atoms with Gasteiger partial charge in [0.15, 0.2) is 0 Å². The second-order valence-corrected chi connectivity index (χ2v) is 5.16. The van der Waals surface area contributed by atoms with Crippen molar-refractivity contribution in [1.82, 2.24) is 5.32 Å². The second kappa shape index (κ2) is 5.20. The van der Waals surface area contributed by atoms with Gasteiger partial charge in [-0.2, -0.15) is 0 Å². The molecule has 0 saturated heterocycles. The molecule has 1 aliphatic carbocycles. The van der Waals surface area contributed by atoms with E-state index in [2.05, 4.69) is 31.3 Å². The SMILES string of the molecule is CCNC(c1ccccc1Cl)C(C)C1CC1. The Hall–Kier alpha value is -0.530. The van der Waals surface area contributed by atoms with Crippen LogP contribution in [0.2, 0.25) is 5.02 Å². The third kappa shape index (κ3) is 2.58. The lowest BCUT2D eigenvalue weighted by atomic mass is 9.90. The van der Waals surface area contributed by atoms with Crippen LogP contribution in [0.1, 0.15) is 38.3 Å². The number of nitrogens with one attached hydrogen (secondary N) is 1. The highest BCUT2D eigenvalue weighted by Gasteiger charge is 2.34. The molecule has 1 saturated carbocycles. The van der Waals surface area contributed by atoms with Crippen molar-refractivity contribution >= 4 is 11.6 Å². The summed E-state index contributed by atoms with van der Waals surface area (Å²) in [6.45, 7) is 5.49. The van der Waals surface area contributed by atoms with E-state index in [0.29, 0.717) is 12.0 Å². The van der Waals surface area contributed by atoms with Gasteiger partial charge in [-0.3, -0.25) is 0 Å². The van der Waals surface area contributed by atoms with Gasteiger partial charge in [0, 0.05) is 11.1 Å². The van der Waals surface area contributed by atoms with Gasteiger partial charge in [-0.1, -0.05) is 43.6 Å². The van der Waals surface area contributed by atoms with Crippen LogP contribution in [0.3, 0.4) is 0 Å². The Morgan fingerprint density at radius 3 is 2.62 bits per heavy atom. The average Bonchev–Trinajstić information content (AvgIpc) is 3.10. The lowest BCUT2D eigenvalue weighted by molar-refractivity contribution is 0.355. The third-order valence-electron chi connectivity index (χ3n) is 3.56. The van der Waals surface area contributed by atoms with Crippen molar-refractivity contribution in [1.29, 1.82) is 0 Å². The molecule has 2 unspecified atom stereocenters. The summed E-state index contributed by atoms with van der Waals surface area (Å²) < 4.78 is 0. The summed E-state index contributed by atoms with van der Waals surface area (Å²) in [5.41, 5.74) is 1.26. The van der Waals surface area contributed by atoms with E-state index in [9.17, 15) is 0 Å². The number of hydrogen-bond acceptors (Lipinski definition) is 1. The first-order valence-corrected chi connectivity index (χ1v) is 6.59. The van der Waals surface area contributed by atoms with Crippen LogP contribution >= 0.6 is 11.6 Å². The molecule has 1 aromatic rings. The predicted molar refractivity (Wildman–Crippen MR) is 69.8 cm³/mol. The molecule has 0 aliphatic heterocycles. The molecule has 0 heterocycles. The zero-order valence-corrected chi connectivity index (χ0v) is 10.8. The first kappa shape index (κ1) is 11.9. The highest BCUT2D eigenvalue weighted by Crippen LogP contribution is 2.43. The topological polar surface area (TPSA) is 12.0 Å². The molecule has 2 rings (SSSR count). The summed E-state index contributed by atoms with van der Waals surface area (Å²) in [5.74, 6) is 1.57. The van der Waals surface area contributed by atoms with Crippen LogP contribution in [-0.2, 0) is 0 Å². The Bertz CT molecular complexity index is 346. The Morgan fingerprint density at radius 2 is 2.06 bits per heavy atom. The summed E-state index contributed by atoms with van der Waals surface area (Å²) in [5, 5.41) is 4.47. The van der Waals surface area contributed by atoms with Crippen LogP contribution in [0.15, 0.2) is 24.3 Å². The maximum Gasteiger partial charge on any atom is 0.0453 e. The Morgan fingerprint density at radius 1 is 1.38 bits per heavy atom. The van der Waals surface area contributed by atoms with Crippen LogP contribution in [0.5, 0.6) is 0 Å². The van der Waals surface area contributed by atoms with Gasteiger partial charge < -0.3 is 5.32 Å². The average molecular weight is 238 g/mol. The van der Waals surface area contributed by atoms with Gasteiger partial charge >= 0.3 is 0 Å². The van der Waals surface area contributed by atoms with Crippen molar-refractivity contribution in [2.24, 2.45) is 11.8 Å². The monoisotopic (exact) mass is 237 g/mol. The second-order valence-electron chi connectivity index (χ2n) is 4.75. The van der Waals surface area contributed by atoms with E-state index in [1.165, 1.54) is 18.4 Å². The Kier molecular flexibility index (Phi) is 3.88. The van der Waals surface area contributed by atoms with Crippen LogP contribution in [0.4, 0.5) is 0 Å². The molecule has 0 spiro atoms. The van der Waals surface area contributed by atoms with Gasteiger partial charge in [0.1, 0.15) is 0 Å². The van der Waals surface area contributed by atoms with Gasteiger partial charge in [-0.25, -0.2) is 0 Å². The molecule has 16 heavy (non-hydrogen) atoms. The van der Waals surface area contributed by atoms with Crippen LogP contribution in [0.25, 0.3) is 0 Å². The van der Waals surface area contributed by atoms with Crippen molar-refractivity contribution in [2.75, 3.05) is 6.54 Å². The minimum absolute atomic E-state index is 0.409. The molecule has 1 nitrogen and oxygen atoms in total. The number of benzene rings is 1. The van der Waals surface area contributed by atoms with E-state index in [1.807, 2.05) is 12.1 Å². The van der Waals surface area contributed by atoms with E-state index in [4.69, 9.17) is 11.6 Å². The fourth-order valence-corrected chi connectivity index (χ4v) is 2.67. The van der Waals surface area contributed by atoms with Crippen molar-refractivity contribution in [2.45, 2.75) is 32.7 Å². The van der Waals surface area contributed by atoms with Gasteiger partial charge in [0.2, 0.25) is 0 Å². The van der Waals surface area contributed by atoms with E-state index in [-0.39, 0.29) is 0 Å². The van der Waals surface area contributed by atoms with Crippen LogP contribution in [-0.4, -0.2) is 6.54 Å². The van der Waals surface area contributed by atoms with E-state index < -0.39 is 0 Å². The predicted octanol–water partition coefficient (Wildman–Crippen LogP) is 4.04. The highest BCUT2D eigenvalue weighted by molar-refractivity contribution is 6.31. The third-order valence-corrected chi connectivity index (χ3v) is 3.90. The van der Waals surface area contributed by atoms with Crippen molar-refractivity contribution in [3.63, 3.8) is 0 Å². The van der Waals surface area contributed by atoms with E-state index in [0.717, 1.165) is 17.5 Å². The highest BCUT2D eigenvalue weighted by atomic mass is 35.5. The molecule has 1 aromatic carbocycles. The largest absolute Gasteiger partial charge is 0.310 e. The molecule has 1 N–H and O–H groups in total. The fraction of sp³-hybridized carbons (Fsp3) is 0.571. The van der Waals surface area contributed by atoms with E-state index in [1.54, 1.807) is 0 Å². The normalized spacial score (nSPS) is 19.4. The molecule has 0 amide bonds. The maximum atomic E-state index is 6.28. The van der Waals surface area contributed by atoms with Crippen LogP contribution < -0.4 is 5.32 Å². The summed E-state index contributed by atoms with van der Waals surface area (Å²) >= 11 is 6.28. The summed E-state index contributed by atoms with van der Waals surface area (Å²) in [7, 11) is 0. The smallest absolute Gasteiger partial charge is 0.0453 e. The van der Waals surface area contributed by atoms with E-state index >= 15 is 0 Å². The standard InChI is InChI=1S/C14H20ClN/c1-3-16-14(10(2)11-8-9-11)12-6-4-5-7-13(12)15/h4-7,10-11,14,16H,3,8-9H2,1-2H3. The van der Waals surface area contributed by atoms with Gasteiger partial charge in [0.05, 0.1) is 0 Å². The van der Waals surface area contributed by atoms with Crippen molar-refractivity contribution < 1.29 is 0 Å². The minimum atomic E-state index is 0.409. The zero-order chi connectivity index (χ0) is 11.5. The van der Waals surface area contributed by atoms with Crippen LogP contribution in [0, 0.1) is 11.8 Å². The lowest BCUT2D eigenvalue weighted by Crippen LogP contribution is -2.28. The first-order valence-electron chi connectivity index (χ1n) is 6.21. The molecule has 0 aromatic heterocycles. The molecule has 0 radical (unpaired) electrons.